The number of rotatable bonds is 5. The highest BCUT2D eigenvalue weighted by molar-refractivity contribution is 5.99. The molecule has 0 bridgehead atoms. The van der Waals surface area contributed by atoms with E-state index in [1.54, 1.807) is 0 Å². The summed E-state index contributed by atoms with van der Waals surface area (Å²) in [6.07, 6.45) is 9.03. The van der Waals surface area contributed by atoms with Crippen molar-refractivity contribution in [3.8, 4) is 0 Å². The molecular formula is C18H25N5. The van der Waals surface area contributed by atoms with Gasteiger partial charge in [0.05, 0.1) is 6.04 Å². The standard InChI is InChI=1S/C18H25N5/c1-3-13(4-1)15-7-8-17(19-10-15)11-20-16-6-2-5-14(9-16)18-21-12-22-23-18/h2,5-6,9-10,13,15,17,20,22H,1,3-4,7-8,11-12H2,(H,21,23). The minimum absolute atomic E-state index is 0.415. The van der Waals surface area contributed by atoms with Crippen LogP contribution in [0.3, 0.4) is 0 Å². The highest BCUT2D eigenvalue weighted by Gasteiger charge is 2.28. The first kappa shape index (κ1) is 14.7. The summed E-state index contributed by atoms with van der Waals surface area (Å²) in [5, 5.41) is 3.53. The van der Waals surface area contributed by atoms with Gasteiger partial charge in [0.25, 0.3) is 0 Å². The van der Waals surface area contributed by atoms with Crippen molar-refractivity contribution in [3.05, 3.63) is 29.8 Å². The van der Waals surface area contributed by atoms with Gasteiger partial charge in [-0.15, -0.1) is 0 Å². The smallest absolute Gasteiger partial charge is 0.144 e. The number of aliphatic imine (C=N–C) groups is 2. The predicted octanol–water partition coefficient (Wildman–Crippen LogP) is 2.56. The lowest BCUT2D eigenvalue weighted by atomic mass is 9.73. The van der Waals surface area contributed by atoms with Crippen molar-refractivity contribution in [1.29, 1.82) is 0 Å². The normalized spacial score (nSPS) is 27.2. The van der Waals surface area contributed by atoms with Gasteiger partial charge in [0.2, 0.25) is 0 Å². The van der Waals surface area contributed by atoms with Gasteiger partial charge in [0, 0.05) is 24.0 Å². The fourth-order valence-electron chi connectivity index (χ4n) is 3.60. The first-order valence-electron chi connectivity index (χ1n) is 8.79. The topological polar surface area (TPSA) is 60.8 Å². The Morgan fingerprint density at radius 3 is 2.83 bits per heavy atom. The Morgan fingerprint density at radius 1 is 1.17 bits per heavy atom. The molecule has 3 aliphatic rings. The molecule has 1 saturated carbocycles. The van der Waals surface area contributed by atoms with E-state index < -0.39 is 0 Å². The van der Waals surface area contributed by atoms with Gasteiger partial charge in [0.15, 0.2) is 0 Å². The Kier molecular flexibility index (Phi) is 4.28. The van der Waals surface area contributed by atoms with E-state index in [4.69, 9.17) is 4.99 Å². The van der Waals surface area contributed by atoms with Crippen LogP contribution in [0, 0.1) is 11.8 Å². The molecule has 1 aromatic rings. The number of hydrazine groups is 1. The molecule has 122 valence electrons. The van der Waals surface area contributed by atoms with Gasteiger partial charge in [-0.2, -0.15) is 0 Å². The molecule has 0 spiro atoms. The van der Waals surface area contributed by atoms with Crippen molar-refractivity contribution in [3.63, 3.8) is 0 Å². The molecule has 2 unspecified atom stereocenters. The highest BCUT2D eigenvalue weighted by Crippen LogP contribution is 2.36. The van der Waals surface area contributed by atoms with Crippen molar-refractivity contribution < 1.29 is 0 Å². The van der Waals surface area contributed by atoms with E-state index in [2.05, 4.69) is 51.6 Å². The van der Waals surface area contributed by atoms with Gasteiger partial charge >= 0.3 is 0 Å². The minimum atomic E-state index is 0.415. The molecule has 0 saturated heterocycles. The summed E-state index contributed by atoms with van der Waals surface area (Å²) in [5.41, 5.74) is 8.33. The summed E-state index contributed by atoms with van der Waals surface area (Å²) in [6, 6.07) is 8.81. The van der Waals surface area contributed by atoms with Crippen LogP contribution in [0.15, 0.2) is 34.3 Å². The maximum atomic E-state index is 4.80. The second kappa shape index (κ2) is 6.71. The average molecular weight is 311 g/mol. The van der Waals surface area contributed by atoms with Crippen LogP contribution in [-0.2, 0) is 0 Å². The molecule has 1 fully saturated rings. The molecule has 2 aliphatic heterocycles. The SMILES string of the molecule is C1=NC(CNc2cccc(C3=NCNN3)c2)CCC1C1CCC1. The molecule has 1 aromatic carbocycles. The monoisotopic (exact) mass is 311 g/mol. The Morgan fingerprint density at radius 2 is 2.13 bits per heavy atom. The molecule has 23 heavy (non-hydrogen) atoms. The largest absolute Gasteiger partial charge is 0.383 e. The molecule has 0 amide bonds. The van der Waals surface area contributed by atoms with E-state index >= 15 is 0 Å². The maximum absolute atomic E-state index is 4.80. The molecule has 5 heteroatoms. The van der Waals surface area contributed by atoms with E-state index in [9.17, 15) is 0 Å². The van der Waals surface area contributed by atoms with Crippen LogP contribution in [-0.4, -0.2) is 31.3 Å². The minimum Gasteiger partial charge on any atom is -0.383 e. The lowest BCUT2D eigenvalue weighted by Crippen LogP contribution is -2.30. The zero-order valence-corrected chi connectivity index (χ0v) is 13.5. The summed E-state index contributed by atoms with van der Waals surface area (Å²) in [6.45, 7) is 1.54. The summed E-state index contributed by atoms with van der Waals surface area (Å²) in [4.78, 5) is 9.17. The average Bonchev–Trinajstić information content (AvgIpc) is 3.07. The summed E-state index contributed by atoms with van der Waals surface area (Å²) < 4.78 is 0. The third-order valence-electron chi connectivity index (χ3n) is 5.28. The lowest BCUT2D eigenvalue weighted by molar-refractivity contribution is 0.238. The van der Waals surface area contributed by atoms with E-state index in [0.717, 1.165) is 35.5 Å². The second-order valence-corrected chi connectivity index (χ2v) is 6.81. The van der Waals surface area contributed by atoms with Crippen LogP contribution in [0.5, 0.6) is 0 Å². The number of amidine groups is 1. The van der Waals surface area contributed by atoms with Gasteiger partial charge in [-0.3, -0.25) is 4.99 Å². The van der Waals surface area contributed by atoms with Crippen molar-refractivity contribution in [2.75, 3.05) is 18.5 Å². The number of anilines is 1. The quantitative estimate of drug-likeness (QED) is 0.783. The number of benzene rings is 1. The van der Waals surface area contributed by atoms with Crippen LogP contribution >= 0.6 is 0 Å². The molecule has 0 radical (unpaired) electrons. The number of nitrogens with zero attached hydrogens (tertiary/aromatic N) is 2. The van der Waals surface area contributed by atoms with Crippen LogP contribution < -0.4 is 16.2 Å². The third kappa shape index (κ3) is 3.39. The Balaban J connectivity index is 1.32. The number of nitrogens with one attached hydrogen (secondary N) is 3. The van der Waals surface area contributed by atoms with Crippen LogP contribution in [0.4, 0.5) is 5.69 Å². The Bertz CT molecular complexity index is 605. The van der Waals surface area contributed by atoms with Gasteiger partial charge in [-0.25, -0.2) is 10.4 Å². The predicted molar refractivity (Wildman–Crippen MR) is 95.0 cm³/mol. The molecule has 2 atom stereocenters. The molecule has 4 rings (SSSR count). The van der Waals surface area contributed by atoms with Crippen molar-refractivity contribution in [2.24, 2.45) is 21.8 Å². The van der Waals surface area contributed by atoms with Crippen LogP contribution in [0.25, 0.3) is 0 Å². The Labute approximate surface area is 137 Å². The van der Waals surface area contributed by atoms with E-state index in [1.807, 2.05) is 0 Å². The van der Waals surface area contributed by atoms with E-state index in [-0.39, 0.29) is 0 Å². The van der Waals surface area contributed by atoms with Crippen molar-refractivity contribution in [1.82, 2.24) is 10.9 Å². The highest BCUT2D eigenvalue weighted by atomic mass is 15.5. The molecule has 2 heterocycles. The van der Waals surface area contributed by atoms with Crippen molar-refractivity contribution >= 4 is 17.7 Å². The van der Waals surface area contributed by atoms with E-state index in [1.165, 1.54) is 32.1 Å². The first-order chi connectivity index (χ1) is 11.4. The molecule has 3 N–H and O–H groups in total. The third-order valence-corrected chi connectivity index (χ3v) is 5.28. The Hall–Kier alpha value is -1.88. The number of hydrogen-bond donors (Lipinski definition) is 3. The molecular weight excluding hydrogens is 286 g/mol. The zero-order valence-electron chi connectivity index (χ0n) is 13.5. The molecule has 5 nitrogen and oxygen atoms in total. The van der Waals surface area contributed by atoms with Gasteiger partial charge < -0.3 is 10.7 Å². The fourth-order valence-corrected chi connectivity index (χ4v) is 3.60. The maximum Gasteiger partial charge on any atom is 0.144 e. The van der Waals surface area contributed by atoms with Crippen LogP contribution in [0.2, 0.25) is 0 Å². The fraction of sp³-hybridized carbons (Fsp3) is 0.556. The van der Waals surface area contributed by atoms with Crippen LogP contribution in [0.1, 0.15) is 37.7 Å². The molecule has 0 aromatic heterocycles. The second-order valence-electron chi connectivity index (χ2n) is 6.81. The first-order valence-corrected chi connectivity index (χ1v) is 8.79. The zero-order chi connectivity index (χ0) is 15.5. The summed E-state index contributed by atoms with van der Waals surface area (Å²) in [5.74, 6) is 2.59. The summed E-state index contributed by atoms with van der Waals surface area (Å²) >= 11 is 0. The molecule has 1 aliphatic carbocycles. The van der Waals surface area contributed by atoms with Gasteiger partial charge in [-0.1, -0.05) is 18.6 Å². The van der Waals surface area contributed by atoms with Gasteiger partial charge in [-0.05, 0) is 49.7 Å². The number of hydrogen-bond acceptors (Lipinski definition) is 5. The van der Waals surface area contributed by atoms with Gasteiger partial charge in [0.1, 0.15) is 12.5 Å². The van der Waals surface area contributed by atoms with E-state index in [0.29, 0.717) is 12.7 Å². The summed E-state index contributed by atoms with van der Waals surface area (Å²) in [7, 11) is 0. The van der Waals surface area contributed by atoms with Crippen molar-refractivity contribution in [2.45, 2.75) is 38.1 Å². The lowest BCUT2D eigenvalue weighted by Gasteiger charge is -2.34.